The van der Waals surface area contributed by atoms with Gasteiger partial charge in [-0.15, -0.1) is 0 Å². The molecule has 2 aromatic rings. The first kappa shape index (κ1) is 13.8. The molecule has 20 heavy (non-hydrogen) atoms. The predicted octanol–water partition coefficient (Wildman–Crippen LogP) is 2.87. The first-order valence-electron chi connectivity index (χ1n) is 5.64. The van der Waals surface area contributed by atoms with Gasteiger partial charge in [-0.1, -0.05) is 11.6 Å². The molecule has 0 aliphatic carbocycles. The van der Waals surface area contributed by atoms with Crippen molar-refractivity contribution >= 4 is 23.2 Å². The number of nitrogens with zero attached hydrogens (tertiary/aromatic N) is 2. The summed E-state index contributed by atoms with van der Waals surface area (Å²) in [6.45, 7) is 0. The number of anilines is 1. The maximum absolute atomic E-state index is 12.2. The summed E-state index contributed by atoms with van der Waals surface area (Å²) in [6.07, 6.45) is 2.95. The van der Waals surface area contributed by atoms with Crippen molar-refractivity contribution in [3.05, 3.63) is 52.8 Å². The van der Waals surface area contributed by atoms with Crippen molar-refractivity contribution < 1.29 is 9.53 Å². The molecule has 0 aliphatic rings. The monoisotopic (exact) mass is 287 g/mol. The molecule has 0 fully saturated rings. The molecule has 1 aromatic carbocycles. The number of halogens is 1. The van der Waals surface area contributed by atoms with Crippen molar-refractivity contribution in [2.75, 3.05) is 12.4 Å². The molecule has 1 aromatic heterocycles. The largest absolute Gasteiger partial charge is 0.494 e. The van der Waals surface area contributed by atoms with E-state index in [9.17, 15) is 4.79 Å². The van der Waals surface area contributed by atoms with E-state index in [1.165, 1.54) is 25.6 Å². The van der Waals surface area contributed by atoms with E-state index in [1.807, 2.05) is 6.07 Å². The Kier molecular flexibility index (Phi) is 4.18. The van der Waals surface area contributed by atoms with Gasteiger partial charge in [0, 0.05) is 6.20 Å². The van der Waals surface area contributed by atoms with Crippen LogP contribution in [0.2, 0.25) is 5.02 Å². The molecule has 0 bridgehead atoms. The Morgan fingerprint density at radius 1 is 1.45 bits per heavy atom. The smallest absolute Gasteiger partial charge is 0.259 e. The quantitative estimate of drug-likeness (QED) is 0.942. The average molecular weight is 288 g/mol. The third-order valence-corrected chi connectivity index (χ3v) is 2.91. The van der Waals surface area contributed by atoms with Crippen LogP contribution in [0, 0.1) is 11.3 Å². The molecule has 6 heteroatoms. The Hall–Kier alpha value is -2.58. The molecule has 2 rings (SSSR count). The van der Waals surface area contributed by atoms with Gasteiger partial charge in [0.2, 0.25) is 0 Å². The Morgan fingerprint density at radius 3 is 2.90 bits per heavy atom. The van der Waals surface area contributed by atoms with Gasteiger partial charge in [0.15, 0.2) is 0 Å². The third-order valence-electron chi connectivity index (χ3n) is 2.60. The van der Waals surface area contributed by atoms with Crippen molar-refractivity contribution in [1.29, 1.82) is 5.26 Å². The lowest BCUT2D eigenvalue weighted by Crippen LogP contribution is -2.13. The van der Waals surface area contributed by atoms with Crippen LogP contribution in [-0.2, 0) is 0 Å². The van der Waals surface area contributed by atoms with Crippen LogP contribution in [0.3, 0.4) is 0 Å². The molecular formula is C14H10ClN3O2. The van der Waals surface area contributed by atoms with Crippen molar-refractivity contribution in [2.24, 2.45) is 0 Å². The number of amides is 1. The minimum atomic E-state index is -0.365. The molecule has 1 heterocycles. The number of ether oxygens (including phenoxy) is 1. The lowest BCUT2D eigenvalue weighted by Gasteiger charge is -2.09. The highest BCUT2D eigenvalue weighted by Crippen LogP contribution is 2.24. The number of carbonyl (C=O) groups is 1. The zero-order valence-corrected chi connectivity index (χ0v) is 11.3. The molecule has 0 atom stereocenters. The number of carbonyl (C=O) groups excluding carboxylic acids is 1. The number of rotatable bonds is 3. The number of methoxy groups -OCH3 is 1. The van der Waals surface area contributed by atoms with Crippen molar-refractivity contribution in [3.8, 4) is 11.8 Å². The van der Waals surface area contributed by atoms with E-state index >= 15 is 0 Å². The van der Waals surface area contributed by atoms with Gasteiger partial charge in [0.25, 0.3) is 5.91 Å². The highest BCUT2D eigenvalue weighted by molar-refractivity contribution is 6.34. The Balaban J connectivity index is 2.26. The van der Waals surface area contributed by atoms with E-state index in [2.05, 4.69) is 10.3 Å². The van der Waals surface area contributed by atoms with Gasteiger partial charge in [-0.05, 0) is 24.3 Å². The summed E-state index contributed by atoms with van der Waals surface area (Å²) >= 11 is 6.00. The fourth-order valence-electron chi connectivity index (χ4n) is 1.61. The van der Waals surface area contributed by atoms with Crippen LogP contribution in [0.25, 0.3) is 0 Å². The van der Waals surface area contributed by atoms with Gasteiger partial charge >= 0.3 is 0 Å². The standard InChI is InChI=1S/C14H10ClN3O2/c1-20-13-8-17-5-4-10(13)14(19)18-12-3-2-9(7-16)6-11(12)15/h2-6,8H,1H3,(H,18,19). The lowest BCUT2D eigenvalue weighted by atomic mass is 10.2. The topological polar surface area (TPSA) is 75.0 Å². The number of aromatic nitrogens is 1. The van der Waals surface area contributed by atoms with E-state index < -0.39 is 0 Å². The van der Waals surface area contributed by atoms with E-state index in [4.69, 9.17) is 21.6 Å². The molecule has 0 saturated heterocycles. The minimum Gasteiger partial charge on any atom is -0.494 e. The Bertz CT molecular complexity index is 695. The van der Waals surface area contributed by atoms with E-state index in [-0.39, 0.29) is 5.91 Å². The van der Waals surface area contributed by atoms with Crippen LogP contribution in [0.1, 0.15) is 15.9 Å². The second-order valence-corrected chi connectivity index (χ2v) is 4.24. The van der Waals surface area contributed by atoms with Gasteiger partial charge in [-0.25, -0.2) is 0 Å². The number of hydrogen-bond donors (Lipinski definition) is 1. The summed E-state index contributed by atoms with van der Waals surface area (Å²) in [4.78, 5) is 16.0. The van der Waals surface area contributed by atoms with Crippen molar-refractivity contribution in [3.63, 3.8) is 0 Å². The van der Waals surface area contributed by atoms with Gasteiger partial charge < -0.3 is 10.1 Å². The molecule has 1 amide bonds. The predicted molar refractivity (Wildman–Crippen MR) is 74.9 cm³/mol. The first-order chi connectivity index (χ1) is 9.65. The summed E-state index contributed by atoms with van der Waals surface area (Å²) in [5.74, 6) is 0.00521. The van der Waals surface area contributed by atoms with Gasteiger partial charge in [-0.3, -0.25) is 9.78 Å². The number of nitriles is 1. The number of hydrogen-bond acceptors (Lipinski definition) is 4. The average Bonchev–Trinajstić information content (AvgIpc) is 2.49. The van der Waals surface area contributed by atoms with Crippen LogP contribution >= 0.6 is 11.6 Å². The molecule has 0 saturated carbocycles. The van der Waals surface area contributed by atoms with Crippen LogP contribution in [0.15, 0.2) is 36.7 Å². The fraction of sp³-hybridized carbons (Fsp3) is 0.0714. The number of benzene rings is 1. The molecule has 5 nitrogen and oxygen atoms in total. The molecule has 0 aliphatic heterocycles. The zero-order chi connectivity index (χ0) is 14.5. The number of pyridine rings is 1. The van der Waals surface area contributed by atoms with Crippen molar-refractivity contribution in [1.82, 2.24) is 4.98 Å². The second-order valence-electron chi connectivity index (χ2n) is 3.84. The normalized spacial score (nSPS) is 9.65. The zero-order valence-electron chi connectivity index (χ0n) is 10.6. The lowest BCUT2D eigenvalue weighted by molar-refractivity contribution is 0.102. The molecule has 0 unspecified atom stereocenters. The maximum Gasteiger partial charge on any atom is 0.259 e. The molecule has 0 radical (unpaired) electrons. The summed E-state index contributed by atoms with van der Waals surface area (Å²) in [6, 6.07) is 8.16. The SMILES string of the molecule is COc1cnccc1C(=O)Nc1ccc(C#N)cc1Cl. The summed E-state index contributed by atoms with van der Waals surface area (Å²) in [7, 11) is 1.46. The molecule has 0 spiro atoms. The van der Waals surface area contributed by atoms with Gasteiger partial charge in [0.05, 0.1) is 41.2 Å². The van der Waals surface area contributed by atoms with E-state index in [0.29, 0.717) is 27.6 Å². The van der Waals surface area contributed by atoms with Gasteiger partial charge in [-0.2, -0.15) is 5.26 Å². The molecule has 1 N–H and O–H groups in total. The summed E-state index contributed by atoms with van der Waals surface area (Å²) in [5, 5.41) is 11.7. The van der Waals surface area contributed by atoms with Gasteiger partial charge in [0.1, 0.15) is 5.75 Å². The van der Waals surface area contributed by atoms with Crippen LogP contribution in [0.5, 0.6) is 5.75 Å². The third kappa shape index (κ3) is 2.87. The Morgan fingerprint density at radius 2 is 2.25 bits per heavy atom. The summed E-state index contributed by atoms with van der Waals surface area (Å²) in [5.41, 5.74) is 1.20. The summed E-state index contributed by atoms with van der Waals surface area (Å²) < 4.78 is 5.07. The highest BCUT2D eigenvalue weighted by Gasteiger charge is 2.13. The fourth-order valence-corrected chi connectivity index (χ4v) is 1.83. The van der Waals surface area contributed by atoms with Crippen LogP contribution in [-0.4, -0.2) is 18.0 Å². The number of nitrogens with one attached hydrogen (secondary N) is 1. The highest BCUT2D eigenvalue weighted by atomic mass is 35.5. The molecular weight excluding hydrogens is 278 g/mol. The van der Waals surface area contributed by atoms with Crippen LogP contribution < -0.4 is 10.1 Å². The van der Waals surface area contributed by atoms with E-state index in [1.54, 1.807) is 18.2 Å². The van der Waals surface area contributed by atoms with Crippen LogP contribution in [0.4, 0.5) is 5.69 Å². The first-order valence-corrected chi connectivity index (χ1v) is 6.02. The minimum absolute atomic E-state index is 0.297. The molecule has 100 valence electrons. The Labute approximate surface area is 120 Å². The second kappa shape index (κ2) is 6.04. The van der Waals surface area contributed by atoms with E-state index in [0.717, 1.165) is 0 Å². The van der Waals surface area contributed by atoms with Crippen molar-refractivity contribution in [2.45, 2.75) is 0 Å². The maximum atomic E-state index is 12.2.